The molecule has 2 rings (SSSR count). The molecule has 2 aliphatic rings. The Bertz CT molecular complexity index is 284. The van der Waals surface area contributed by atoms with Crippen LogP contribution in [0.15, 0.2) is 0 Å². The number of aliphatic hydroxyl groups is 2. The fourth-order valence-corrected chi connectivity index (χ4v) is 3.62. The Morgan fingerprint density at radius 2 is 1.86 bits per heavy atom. The molecule has 0 aromatic carbocycles. The minimum Gasteiger partial charge on any atom is -0.390 e. The van der Waals surface area contributed by atoms with E-state index < -0.39 is 17.6 Å². The molecule has 14 heavy (non-hydrogen) atoms. The molecular formula is C11H18O3. The van der Waals surface area contributed by atoms with Gasteiger partial charge in [-0.2, -0.15) is 0 Å². The van der Waals surface area contributed by atoms with Crippen LogP contribution in [-0.2, 0) is 4.79 Å². The first kappa shape index (κ1) is 10.1. The van der Waals surface area contributed by atoms with Crippen LogP contribution >= 0.6 is 0 Å². The molecule has 0 aromatic heterocycles. The number of ketones is 1. The van der Waals surface area contributed by atoms with Crippen LogP contribution < -0.4 is 0 Å². The largest absolute Gasteiger partial charge is 0.390 e. The van der Waals surface area contributed by atoms with Gasteiger partial charge in [-0.05, 0) is 11.8 Å². The van der Waals surface area contributed by atoms with Crippen LogP contribution in [0.3, 0.4) is 0 Å². The van der Waals surface area contributed by atoms with E-state index in [-0.39, 0.29) is 17.1 Å². The second-order valence-corrected chi connectivity index (χ2v) is 5.77. The van der Waals surface area contributed by atoms with Crippen molar-refractivity contribution >= 4 is 5.78 Å². The van der Waals surface area contributed by atoms with Crippen LogP contribution in [-0.4, -0.2) is 28.2 Å². The number of fused-ring (bicyclic) bond motifs is 1. The van der Waals surface area contributed by atoms with Gasteiger partial charge in [-0.3, -0.25) is 4.79 Å². The molecule has 2 saturated carbocycles. The number of rotatable bonds is 0. The number of carbonyl (C=O) groups is 1. The summed E-state index contributed by atoms with van der Waals surface area (Å²) in [5, 5.41) is 19.6. The lowest BCUT2D eigenvalue weighted by Crippen LogP contribution is -2.64. The van der Waals surface area contributed by atoms with E-state index in [2.05, 4.69) is 0 Å². The Labute approximate surface area is 84.1 Å². The van der Waals surface area contributed by atoms with Gasteiger partial charge < -0.3 is 10.2 Å². The zero-order chi connectivity index (χ0) is 10.7. The summed E-state index contributed by atoms with van der Waals surface area (Å²) in [5.74, 6) is 0.164. The highest BCUT2D eigenvalue weighted by molar-refractivity contribution is 5.90. The van der Waals surface area contributed by atoms with E-state index in [1.54, 1.807) is 0 Å². The predicted molar refractivity (Wildman–Crippen MR) is 51.6 cm³/mol. The molecule has 4 atom stereocenters. The van der Waals surface area contributed by atoms with E-state index in [0.29, 0.717) is 12.8 Å². The molecule has 0 bridgehead atoms. The maximum Gasteiger partial charge on any atom is 0.137 e. The van der Waals surface area contributed by atoms with Gasteiger partial charge in [0.05, 0.1) is 12.2 Å². The average Bonchev–Trinajstić information content (AvgIpc) is 1.98. The van der Waals surface area contributed by atoms with Crippen molar-refractivity contribution in [3.8, 4) is 0 Å². The van der Waals surface area contributed by atoms with Crippen molar-refractivity contribution in [3.63, 3.8) is 0 Å². The summed E-state index contributed by atoms with van der Waals surface area (Å²) in [6.45, 7) is 5.79. The first-order valence-electron chi connectivity index (χ1n) is 5.18. The maximum atomic E-state index is 11.5. The molecule has 80 valence electrons. The molecule has 3 nitrogen and oxygen atoms in total. The van der Waals surface area contributed by atoms with Gasteiger partial charge in [0.2, 0.25) is 0 Å². The minimum absolute atomic E-state index is 0.0756. The van der Waals surface area contributed by atoms with Gasteiger partial charge in [0.1, 0.15) is 5.78 Å². The molecule has 0 amide bonds. The Kier molecular flexibility index (Phi) is 1.87. The minimum atomic E-state index is -0.773. The number of carbonyl (C=O) groups excluding carboxylic acids is 1. The van der Waals surface area contributed by atoms with E-state index >= 15 is 0 Å². The molecule has 2 aliphatic carbocycles. The molecule has 0 aromatic rings. The Morgan fingerprint density at radius 1 is 1.29 bits per heavy atom. The summed E-state index contributed by atoms with van der Waals surface area (Å²) in [5.41, 5.74) is -0.568. The highest BCUT2D eigenvalue weighted by atomic mass is 16.3. The quantitative estimate of drug-likeness (QED) is 0.603. The highest BCUT2D eigenvalue weighted by Gasteiger charge is 2.63. The Hall–Kier alpha value is -0.410. The normalized spacial score (nSPS) is 50.9. The zero-order valence-electron chi connectivity index (χ0n) is 8.95. The molecule has 2 N–H and O–H groups in total. The summed E-state index contributed by atoms with van der Waals surface area (Å²) in [4.78, 5) is 11.5. The fourth-order valence-electron chi connectivity index (χ4n) is 3.62. The third-order valence-electron chi connectivity index (χ3n) is 4.14. The van der Waals surface area contributed by atoms with Crippen LogP contribution in [0.2, 0.25) is 0 Å². The molecule has 2 fully saturated rings. The predicted octanol–water partition coefficient (Wildman–Crippen LogP) is 0.733. The summed E-state index contributed by atoms with van der Waals surface area (Å²) in [7, 11) is 0. The summed E-state index contributed by atoms with van der Waals surface area (Å²) >= 11 is 0. The van der Waals surface area contributed by atoms with Gasteiger partial charge in [0, 0.05) is 17.8 Å². The van der Waals surface area contributed by atoms with Crippen molar-refractivity contribution in [3.05, 3.63) is 0 Å². The Morgan fingerprint density at radius 3 is 2.36 bits per heavy atom. The maximum absolute atomic E-state index is 11.5. The highest BCUT2D eigenvalue weighted by Crippen LogP contribution is 2.60. The zero-order valence-corrected chi connectivity index (χ0v) is 8.95. The molecule has 0 spiro atoms. The van der Waals surface area contributed by atoms with Crippen LogP contribution in [0.5, 0.6) is 0 Å². The average molecular weight is 198 g/mol. The van der Waals surface area contributed by atoms with Gasteiger partial charge in [0.15, 0.2) is 0 Å². The van der Waals surface area contributed by atoms with Crippen LogP contribution in [0.1, 0.15) is 33.6 Å². The van der Waals surface area contributed by atoms with E-state index in [1.807, 2.05) is 20.8 Å². The first-order chi connectivity index (χ1) is 6.29. The van der Waals surface area contributed by atoms with Crippen molar-refractivity contribution in [2.24, 2.45) is 16.7 Å². The van der Waals surface area contributed by atoms with Crippen LogP contribution in [0.25, 0.3) is 0 Å². The number of aliphatic hydroxyl groups excluding tert-OH is 2. The second-order valence-electron chi connectivity index (χ2n) is 5.77. The second kappa shape index (κ2) is 2.58. The lowest BCUT2D eigenvalue weighted by atomic mass is 9.44. The van der Waals surface area contributed by atoms with E-state index in [9.17, 15) is 15.0 Å². The lowest BCUT2D eigenvalue weighted by molar-refractivity contribution is -0.198. The lowest BCUT2D eigenvalue weighted by Gasteiger charge is -2.59. The van der Waals surface area contributed by atoms with E-state index in [1.165, 1.54) is 0 Å². The molecule has 0 saturated heterocycles. The van der Waals surface area contributed by atoms with E-state index in [4.69, 9.17) is 0 Å². The van der Waals surface area contributed by atoms with Gasteiger partial charge in [0.25, 0.3) is 0 Å². The molecule has 0 heterocycles. The van der Waals surface area contributed by atoms with Gasteiger partial charge in [-0.25, -0.2) is 0 Å². The van der Waals surface area contributed by atoms with Gasteiger partial charge >= 0.3 is 0 Å². The molecule has 4 unspecified atom stereocenters. The van der Waals surface area contributed by atoms with Crippen molar-refractivity contribution in [2.45, 2.75) is 45.8 Å². The van der Waals surface area contributed by atoms with Crippen molar-refractivity contribution in [1.82, 2.24) is 0 Å². The van der Waals surface area contributed by atoms with Gasteiger partial charge in [-0.1, -0.05) is 20.8 Å². The molecular weight excluding hydrogens is 180 g/mol. The summed E-state index contributed by atoms with van der Waals surface area (Å²) in [6.07, 6.45) is -0.344. The van der Waals surface area contributed by atoms with Crippen molar-refractivity contribution < 1.29 is 15.0 Å². The monoisotopic (exact) mass is 198 g/mol. The molecule has 0 aliphatic heterocycles. The first-order valence-corrected chi connectivity index (χ1v) is 5.18. The van der Waals surface area contributed by atoms with Crippen molar-refractivity contribution in [2.75, 3.05) is 0 Å². The number of hydrogen-bond acceptors (Lipinski definition) is 3. The fraction of sp³-hybridized carbons (Fsp3) is 0.909. The SMILES string of the molecule is CC12CC(=O)C1C(C)(C)C(O)C(O)C2. The number of hydrogen-bond donors (Lipinski definition) is 2. The van der Waals surface area contributed by atoms with Crippen LogP contribution in [0.4, 0.5) is 0 Å². The third-order valence-corrected chi connectivity index (χ3v) is 4.14. The van der Waals surface area contributed by atoms with Crippen molar-refractivity contribution in [1.29, 1.82) is 0 Å². The molecule has 0 radical (unpaired) electrons. The van der Waals surface area contributed by atoms with Gasteiger partial charge in [-0.15, -0.1) is 0 Å². The summed E-state index contributed by atoms with van der Waals surface area (Å²) in [6, 6.07) is 0. The standard InChI is InChI=1S/C11H18O3/c1-10(2)8-6(12)4-11(8,3)5-7(13)9(10)14/h7-9,13-14H,4-5H2,1-3H3. The van der Waals surface area contributed by atoms with Crippen LogP contribution in [0, 0.1) is 16.7 Å². The number of Topliss-reactive ketones (excluding diaryl/α,β-unsaturated/α-hetero) is 1. The third kappa shape index (κ3) is 1.03. The smallest absolute Gasteiger partial charge is 0.137 e. The summed E-state index contributed by atoms with van der Waals surface area (Å²) < 4.78 is 0. The topological polar surface area (TPSA) is 57.5 Å². The Balaban J connectivity index is 2.35. The van der Waals surface area contributed by atoms with E-state index in [0.717, 1.165) is 0 Å². The molecule has 3 heteroatoms.